The zero-order valence-electron chi connectivity index (χ0n) is 9.02. The van der Waals surface area contributed by atoms with Crippen LogP contribution in [0.2, 0.25) is 0 Å². The van der Waals surface area contributed by atoms with Crippen molar-refractivity contribution in [3.8, 4) is 0 Å². The van der Waals surface area contributed by atoms with Crippen LogP contribution in [0.5, 0.6) is 0 Å². The lowest BCUT2D eigenvalue weighted by molar-refractivity contribution is -0.130. The molecule has 0 radical (unpaired) electrons. The van der Waals surface area contributed by atoms with E-state index in [4.69, 9.17) is 10.5 Å². The Bertz CT molecular complexity index is 285. The van der Waals surface area contributed by atoms with E-state index < -0.39 is 15.9 Å². The highest BCUT2D eigenvalue weighted by Crippen LogP contribution is 1.90. The molecule has 0 aromatic heterocycles. The molecule has 0 aromatic rings. The summed E-state index contributed by atoms with van der Waals surface area (Å²) in [6, 6.07) is 0. The van der Waals surface area contributed by atoms with E-state index in [1.807, 2.05) is 0 Å². The molecule has 90 valence electrons. The second kappa shape index (κ2) is 6.76. The monoisotopic (exact) mass is 238 g/mol. The van der Waals surface area contributed by atoms with E-state index in [0.717, 1.165) is 6.26 Å². The van der Waals surface area contributed by atoms with Crippen LogP contribution in [0.4, 0.5) is 0 Å². The van der Waals surface area contributed by atoms with Gasteiger partial charge in [-0.3, -0.25) is 4.79 Å². The summed E-state index contributed by atoms with van der Waals surface area (Å²) in [7, 11) is -1.56. The van der Waals surface area contributed by atoms with Crippen molar-refractivity contribution in [2.75, 3.05) is 32.2 Å². The van der Waals surface area contributed by atoms with E-state index in [-0.39, 0.29) is 18.2 Å². The Morgan fingerprint density at radius 3 is 2.53 bits per heavy atom. The molecule has 0 spiro atoms. The van der Waals surface area contributed by atoms with Gasteiger partial charge in [0.05, 0.1) is 5.75 Å². The highest BCUT2D eigenvalue weighted by Gasteiger charge is 2.14. The van der Waals surface area contributed by atoms with Crippen LogP contribution in [-0.2, 0) is 19.4 Å². The second-order valence-electron chi connectivity index (χ2n) is 3.23. The summed E-state index contributed by atoms with van der Waals surface area (Å²) in [5.74, 6) is -0.249. The van der Waals surface area contributed by atoms with Crippen LogP contribution in [0.15, 0.2) is 0 Å². The molecule has 0 bridgehead atoms. The van der Waals surface area contributed by atoms with Gasteiger partial charge in [-0.05, 0) is 6.42 Å². The Labute approximate surface area is 90.1 Å². The lowest BCUT2D eigenvalue weighted by Gasteiger charge is -2.12. The molecule has 0 saturated carbocycles. The Kier molecular flexibility index (Phi) is 6.46. The van der Waals surface area contributed by atoms with Crippen LogP contribution in [0.25, 0.3) is 0 Å². The van der Waals surface area contributed by atoms with Crippen LogP contribution in [-0.4, -0.2) is 52.6 Å². The van der Waals surface area contributed by atoms with E-state index in [2.05, 4.69) is 5.32 Å². The number of rotatable bonds is 7. The summed E-state index contributed by atoms with van der Waals surface area (Å²) >= 11 is 0. The molecule has 0 aliphatic heterocycles. The number of methoxy groups -OCH3 is 1. The van der Waals surface area contributed by atoms with Crippen molar-refractivity contribution in [2.45, 2.75) is 12.5 Å². The molecule has 0 rings (SSSR count). The van der Waals surface area contributed by atoms with Gasteiger partial charge < -0.3 is 15.8 Å². The molecule has 1 amide bonds. The molecule has 0 fully saturated rings. The number of sulfone groups is 1. The first kappa shape index (κ1) is 14.3. The second-order valence-corrected chi connectivity index (χ2v) is 5.49. The third-order valence-electron chi connectivity index (χ3n) is 1.78. The molecule has 0 aliphatic carbocycles. The molecule has 1 atom stereocenters. The van der Waals surface area contributed by atoms with Crippen molar-refractivity contribution < 1.29 is 17.9 Å². The van der Waals surface area contributed by atoms with E-state index in [9.17, 15) is 13.2 Å². The summed E-state index contributed by atoms with van der Waals surface area (Å²) in [6.07, 6.45) is 0.890. The number of amides is 1. The predicted molar refractivity (Wildman–Crippen MR) is 57.2 cm³/mol. The van der Waals surface area contributed by atoms with Gasteiger partial charge in [0.1, 0.15) is 15.9 Å². The fraction of sp³-hybridized carbons (Fsp3) is 0.875. The smallest absolute Gasteiger partial charge is 0.250 e. The van der Waals surface area contributed by atoms with Crippen molar-refractivity contribution in [2.24, 2.45) is 5.73 Å². The normalized spacial score (nSPS) is 13.5. The predicted octanol–water partition coefficient (Wildman–Crippen LogP) is -1.49. The van der Waals surface area contributed by atoms with Gasteiger partial charge in [0.2, 0.25) is 5.91 Å². The molecule has 7 heteroatoms. The average molecular weight is 238 g/mol. The van der Waals surface area contributed by atoms with Crippen molar-refractivity contribution >= 4 is 15.7 Å². The SMILES string of the molecule is COC(CN)C(=O)NCCCS(C)(=O)=O. The highest BCUT2D eigenvalue weighted by atomic mass is 32.2. The molecule has 0 aromatic carbocycles. The maximum atomic E-state index is 11.3. The van der Waals surface area contributed by atoms with Crippen molar-refractivity contribution in [1.29, 1.82) is 0 Å². The minimum Gasteiger partial charge on any atom is -0.370 e. The first-order chi connectivity index (χ1) is 6.90. The third-order valence-corrected chi connectivity index (χ3v) is 2.81. The molecular formula is C8H18N2O4S. The van der Waals surface area contributed by atoms with Crippen molar-refractivity contribution in [1.82, 2.24) is 5.32 Å². The minimum absolute atomic E-state index is 0.0630. The molecule has 15 heavy (non-hydrogen) atoms. The fourth-order valence-electron chi connectivity index (χ4n) is 0.970. The Hall–Kier alpha value is -0.660. The summed E-state index contributed by atoms with van der Waals surface area (Å²) in [6.45, 7) is 0.417. The maximum Gasteiger partial charge on any atom is 0.250 e. The average Bonchev–Trinajstić information content (AvgIpc) is 2.13. The van der Waals surface area contributed by atoms with Crippen molar-refractivity contribution in [3.05, 3.63) is 0 Å². The van der Waals surface area contributed by atoms with Crippen LogP contribution in [0, 0.1) is 0 Å². The van der Waals surface area contributed by atoms with Crippen LogP contribution >= 0.6 is 0 Å². The van der Waals surface area contributed by atoms with Crippen LogP contribution in [0.3, 0.4) is 0 Å². The Morgan fingerprint density at radius 2 is 2.13 bits per heavy atom. The van der Waals surface area contributed by atoms with Crippen LogP contribution in [0.1, 0.15) is 6.42 Å². The van der Waals surface area contributed by atoms with Gasteiger partial charge >= 0.3 is 0 Å². The molecule has 0 saturated heterocycles. The summed E-state index contributed by atoms with van der Waals surface area (Å²) in [5, 5.41) is 2.55. The number of nitrogens with one attached hydrogen (secondary N) is 1. The lowest BCUT2D eigenvalue weighted by atomic mass is 10.3. The number of hydrogen-bond donors (Lipinski definition) is 2. The zero-order chi connectivity index (χ0) is 11.9. The summed E-state index contributed by atoms with van der Waals surface area (Å²) in [4.78, 5) is 11.3. The quantitative estimate of drug-likeness (QED) is 0.527. The van der Waals surface area contributed by atoms with E-state index >= 15 is 0 Å². The number of carbonyl (C=O) groups excluding carboxylic acids is 1. The molecule has 1 unspecified atom stereocenters. The van der Waals surface area contributed by atoms with Gasteiger partial charge in [-0.1, -0.05) is 0 Å². The van der Waals surface area contributed by atoms with Gasteiger partial charge in [0, 0.05) is 26.5 Å². The van der Waals surface area contributed by atoms with Crippen molar-refractivity contribution in [3.63, 3.8) is 0 Å². The largest absolute Gasteiger partial charge is 0.370 e. The fourth-order valence-corrected chi connectivity index (χ4v) is 1.64. The lowest BCUT2D eigenvalue weighted by Crippen LogP contribution is -2.41. The third kappa shape index (κ3) is 7.29. The standard InChI is InChI=1S/C8H18N2O4S/c1-14-7(6-9)8(11)10-4-3-5-15(2,12)13/h7H,3-6,9H2,1-2H3,(H,10,11). The molecule has 3 N–H and O–H groups in total. The Morgan fingerprint density at radius 1 is 1.53 bits per heavy atom. The number of hydrogen-bond acceptors (Lipinski definition) is 5. The topological polar surface area (TPSA) is 98.5 Å². The molecular weight excluding hydrogens is 220 g/mol. The van der Waals surface area contributed by atoms with Gasteiger partial charge in [-0.25, -0.2) is 8.42 Å². The van der Waals surface area contributed by atoms with Gasteiger partial charge in [0.15, 0.2) is 0 Å². The first-order valence-electron chi connectivity index (χ1n) is 4.59. The van der Waals surface area contributed by atoms with Crippen LogP contribution < -0.4 is 11.1 Å². The van der Waals surface area contributed by atoms with E-state index in [0.29, 0.717) is 13.0 Å². The van der Waals surface area contributed by atoms with Gasteiger partial charge in [-0.15, -0.1) is 0 Å². The first-order valence-corrected chi connectivity index (χ1v) is 6.65. The maximum absolute atomic E-state index is 11.3. The minimum atomic E-state index is -2.96. The number of carbonyl (C=O) groups is 1. The van der Waals surface area contributed by atoms with E-state index in [1.165, 1.54) is 7.11 Å². The van der Waals surface area contributed by atoms with Gasteiger partial charge in [-0.2, -0.15) is 0 Å². The Balaban J connectivity index is 3.73. The van der Waals surface area contributed by atoms with E-state index in [1.54, 1.807) is 0 Å². The molecule has 6 nitrogen and oxygen atoms in total. The molecule has 0 heterocycles. The number of ether oxygens (including phenoxy) is 1. The highest BCUT2D eigenvalue weighted by molar-refractivity contribution is 7.90. The summed E-state index contributed by atoms with van der Waals surface area (Å²) < 4.78 is 26.3. The zero-order valence-corrected chi connectivity index (χ0v) is 9.84. The van der Waals surface area contributed by atoms with Gasteiger partial charge in [0.25, 0.3) is 0 Å². The number of nitrogens with two attached hydrogens (primary N) is 1. The summed E-state index contributed by atoms with van der Waals surface area (Å²) in [5.41, 5.74) is 5.28. The molecule has 0 aliphatic rings.